The standard InChI is InChI=1S/C17H20N6O2S/c1-9-19-15(18-6-17-23-22-11(3)26-17)5-16(20-9)25-7-12-4-13(12)14-8-24-10(2)21-14/h5,8,12-13H,4,6-7H2,1-3H3,(H,18,19,20). The lowest BCUT2D eigenvalue weighted by Crippen LogP contribution is -2.07. The highest BCUT2D eigenvalue weighted by Crippen LogP contribution is 2.47. The van der Waals surface area contributed by atoms with E-state index >= 15 is 0 Å². The molecule has 0 amide bonds. The molecule has 26 heavy (non-hydrogen) atoms. The van der Waals surface area contributed by atoms with Crippen molar-refractivity contribution in [3.63, 3.8) is 0 Å². The summed E-state index contributed by atoms with van der Waals surface area (Å²) in [6.07, 6.45) is 2.81. The molecular formula is C17H20N6O2S. The first kappa shape index (κ1) is 16.9. The topological polar surface area (TPSA) is 98.9 Å². The molecule has 9 heteroatoms. The van der Waals surface area contributed by atoms with Crippen LogP contribution in [0.1, 0.15) is 39.8 Å². The van der Waals surface area contributed by atoms with Crippen molar-refractivity contribution in [2.24, 2.45) is 5.92 Å². The van der Waals surface area contributed by atoms with Gasteiger partial charge in [0, 0.05) is 24.8 Å². The van der Waals surface area contributed by atoms with Gasteiger partial charge in [-0.3, -0.25) is 0 Å². The average molecular weight is 372 g/mol. The number of aryl methyl sites for hydroxylation is 3. The summed E-state index contributed by atoms with van der Waals surface area (Å²) in [5.74, 6) is 3.55. The molecule has 4 rings (SSSR count). The highest BCUT2D eigenvalue weighted by molar-refractivity contribution is 7.11. The summed E-state index contributed by atoms with van der Waals surface area (Å²) in [5, 5.41) is 13.2. The van der Waals surface area contributed by atoms with Gasteiger partial charge in [0.1, 0.15) is 27.9 Å². The van der Waals surface area contributed by atoms with Crippen LogP contribution < -0.4 is 10.1 Å². The maximum atomic E-state index is 5.89. The molecule has 1 aliphatic rings. The van der Waals surface area contributed by atoms with Crippen LogP contribution in [0.2, 0.25) is 0 Å². The summed E-state index contributed by atoms with van der Waals surface area (Å²) in [6.45, 7) is 6.84. The number of rotatable bonds is 7. The second-order valence-electron chi connectivity index (χ2n) is 6.41. The third kappa shape index (κ3) is 3.98. The molecule has 2 unspecified atom stereocenters. The Morgan fingerprint density at radius 2 is 2.12 bits per heavy atom. The van der Waals surface area contributed by atoms with E-state index in [-0.39, 0.29) is 0 Å². The predicted octanol–water partition coefficient (Wildman–Crippen LogP) is 3.04. The highest BCUT2D eigenvalue weighted by atomic mass is 32.1. The Morgan fingerprint density at radius 3 is 2.85 bits per heavy atom. The molecule has 1 saturated carbocycles. The van der Waals surface area contributed by atoms with Gasteiger partial charge in [0.05, 0.1) is 18.8 Å². The van der Waals surface area contributed by atoms with Crippen molar-refractivity contribution >= 4 is 17.2 Å². The minimum atomic E-state index is 0.425. The number of hydrogen-bond donors (Lipinski definition) is 1. The molecule has 1 aliphatic carbocycles. The van der Waals surface area contributed by atoms with Crippen molar-refractivity contribution in [3.05, 3.63) is 39.8 Å². The minimum Gasteiger partial charge on any atom is -0.477 e. The molecule has 2 atom stereocenters. The second kappa shape index (κ2) is 6.99. The summed E-state index contributed by atoms with van der Waals surface area (Å²) in [6, 6.07) is 1.82. The van der Waals surface area contributed by atoms with Crippen LogP contribution in [0.5, 0.6) is 5.88 Å². The number of aromatic nitrogens is 5. The maximum absolute atomic E-state index is 5.89. The van der Waals surface area contributed by atoms with E-state index in [0.29, 0.717) is 42.6 Å². The Kier molecular flexibility index (Phi) is 4.54. The van der Waals surface area contributed by atoms with Gasteiger partial charge in [0.15, 0.2) is 5.89 Å². The van der Waals surface area contributed by atoms with Crippen LogP contribution in [0, 0.1) is 26.7 Å². The lowest BCUT2D eigenvalue weighted by Gasteiger charge is -2.08. The van der Waals surface area contributed by atoms with Crippen LogP contribution in [0.15, 0.2) is 16.7 Å². The molecule has 3 aromatic rings. The van der Waals surface area contributed by atoms with E-state index in [1.54, 1.807) is 17.6 Å². The first-order chi connectivity index (χ1) is 12.6. The van der Waals surface area contributed by atoms with Crippen molar-refractivity contribution in [2.75, 3.05) is 11.9 Å². The number of anilines is 1. The first-order valence-corrected chi connectivity index (χ1v) is 9.32. The second-order valence-corrected chi connectivity index (χ2v) is 7.68. The van der Waals surface area contributed by atoms with Crippen LogP contribution in [0.3, 0.4) is 0 Å². The normalized spacial score (nSPS) is 18.7. The van der Waals surface area contributed by atoms with Crippen LogP contribution in [0.4, 0.5) is 5.82 Å². The van der Waals surface area contributed by atoms with Crippen LogP contribution in [-0.2, 0) is 6.54 Å². The highest BCUT2D eigenvalue weighted by Gasteiger charge is 2.41. The van der Waals surface area contributed by atoms with Gasteiger partial charge in [-0.2, -0.15) is 4.98 Å². The fraction of sp³-hybridized carbons (Fsp3) is 0.471. The third-order valence-corrected chi connectivity index (χ3v) is 5.03. The van der Waals surface area contributed by atoms with Crippen molar-refractivity contribution in [1.82, 2.24) is 25.1 Å². The van der Waals surface area contributed by atoms with Crippen LogP contribution >= 0.6 is 11.3 Å². The Morgan fingerprint density at radius 1 is 1.23 bits per heavy atom. The molecule has 0 aliphatic heterocycles. The number of hydrogen-bond acceptors (Lipinski definition) is 9. The molecule has 1 N–H and O–H groups in total. The third-order valence-electron chi connectivity index (χ3n) is 4.19. The maximum Gasteiger partial charge on any atom is 0.218 e. The number of nitrogens with one attached hydrogen (secondary N) is 1. The predicted molar refractivity (Wildman–Crippen MR) is 96.3 cm³/mol. The van der Waals surface area contributed by atoms with Crippen molar-refractivity contribution in [3.8, 4) is 5.88 Å². The van der Waals surface area contributed by atoms with Crippen molar-refractivity contribution < 1.29 is 9.15 Å². The van der Waals surface area contributed by atoms with Crippen molar-refractivity contribution in [2.45, 2.75) is 39.7 Å². The van der Waals surface area contributed by atoms with Gasteiger partial charge in [-0.1, -0.05) is 11.3 Å². The van der Waals surface area contributed by atoms with E-state index in [4.69, 9.17) is 9.15 Å². The van der Waals surface area contributed by atoms with Crippen LogP contribution in [0.25, 0.3) is 0 Å². The molecule has 0 aromatic carbocycles. The summed E-state index contributed by atoms with van der Waals surface area (Å²) in [4.78, 5) is 13.2. The van der Waals surface area contributed by atoms with Gasteiger partial charge in [-0.15, -0.1) is 10.2 Å². The fourth-order valence-corrected chi connectivity index (χ4v) is 3.47. The van der Waals surface area contributed by atoms with E-state index in [2.05, 4.69) is 30.5 Å². The Bertz CT molecular complexity index is 908. The summed E-state index contributed by atoms with van der Waals surface area (Å²) in [5.41, 5.74) is 1.02. The molecule has 0 radical (unpaired) electrons. The molecule has 3 aromatic heterocycles. The van der Waals surface area contributed by atoms with Gasteiger partial charge >= 0.3 is 0 Å². The average Bonchev–Trinajstić information content (AvgIpc) is 3.05. The number of nitrogens with zero attached hydrogens (tertiary/aromatic N) is 5. The number of oxazole rings is 1. The zero-order valence-electron chi connectivity index (χ0n) is 14.9. The van der Waals surface area contributed by atoms with Gasteiger partial charge in [-0.25, -0.2) is 9.97 Å². The van der Waals surface area contributed by atoms with E-state index in [9.17, 15) is 0 Å². The largest absolute Gasteiger partial charge is 0.477 e. The van der Waals surface area contributed by atoms with Crippen LogP contribution in [-0.4, -0.2) is 31.8 Å². The summed E-state index contributed by atoms with van der Waals surface area (Å²) < 4.78 is 11.2. The molecule has 136 valence electrons. The van der Waals surface area contributed by atoms with E-state index in [0.717, 1.165) is 27.9 Å². The van der Waals surface area contributed by atoms with Gasteiger partial charge in [0.2, 0.25) is 5.88 Å². The monoisotopic (exact) mass is 372 g/mol. The van der Waals surface area contributed by atoms with E-state index in [1.165, 1.54) is 0 Å². The quantitative estimate of drug-likeness (QED) is 0.676. The van der Waals surface area contributed by atoms with Gasteiger partial charge < -0.3 is 14.5 Å². The molecule has 1 fully saturated rings. The van der Waals surface area contributed by atoms with E-state index < -0.39 is 0 Å². The SMILES string of the molecule is Cc1nc(NCc2nnc(C)s2)cc(OCC2CC2c2coc(C)n2)n1. The summed E-state index contributed by atoms with van der Waals surface area (Å²) in [7, 11) is 0. The lowest BCUT2D eigenvalue weighted by molar-refractivity contribution is 0.284. The lowest BCUT2D eigenvalue weighted by atomic mass is 10.2. The van der Waals surface area contributed by atoms with E-state index in [1.807, 2.05) is 26.8 Å². The molecule has 0 spiro atoms. The molecular weight excluding hydrogens is 352 g/mol. The zero-order chi connectivity index (χ0) is 18.1. The molecule has 8 nitrogen and oxygen atoms in total. The Balaban J connectivity index is 1.33. The fourth-order valence-electron chi connectivity index (χ4n) is 2.82. The molecule has 3 heterocycles. The molecule has 0 bridgehead atoms. The minimum absolute atomic E-state index is 0.425. The van der Waals surface area contributed by atoms with Gasteiger partial charge in [0.25, 0.3) is 0 Å². The number of ether oxygens (including phenoxy) is 1. The molecule has 0 saturated heterocycles. The summed E-state index contributed by atoms with van der Waals surface area (Å²) >= 11 is 1.56. The smallest absolute Gasteiger partial charge is 0.218 e. The zero-order valence-corrected chi connectivity index (χ0v) is 15.7. The van der Waals surface area contributed by atoms with Crippen molar-refractivity contribution in [1.29, 1.82) is 0 Å². The van der Waals surface area contributed by atoms with Gasteiger partial charge in [-0.05, 0) is 20.3 Å². The first-order valence-electron chi connectivity index (χ1n) is 8.50. The Labute approximate surface area is 155 Å². The Hall–Kier alpha value is -2.55.